The van der Waals surface area contributed by atoms with Crippen LogP contribution < -0.4 is 10.2 Å². The summed E-state index contributed by atoms with van der Waals surface area (Å²) in [7, 11) is 4.04. The zero-order valence-electron chi connectivity index (χ0n) is 11.9. The van der Waals surface area contributed by atoms with Gasteiger partial charge in [0.05, 0.1) is 0 Å². The number of benzene rings is 1. The van der Waals surface area contributed by atoms with Crippen molar-refractivity contribution in [3.8, 4) is 0 Å². The average Bonchev–Trinajstić information content (AvgIpc) is 2.34. The minimum atomic E-state index is 0.139. The second kappa shape index (κ2) is 7.04. The molecule has 0 unspecified atom stereocenters. The van der Waals surface area contributed by atoms with Crippen LogP contribution in [0.4, 0.5) is 5.69 Å². The Bertz CT molecular complexity index is 369. The van der Waals surface area contributed by atoms with Gasteiger partial charge in [0, 0.05) is 32.7 Å². The van der Waals surface area contributed by atoms with Crippen molar-refractivity contribution in [1.29, 1.82) is 0 Å². The Hall–Kier alpha value is -1.51. The summed E-state index contributed by atoms with van der Waals surface area (Å²) in [4.78, 5) is 13.6. The molecule has 1 N–H and O–H groups in total. The molecule has 0 fully saturated rings. The quantitative estimate of drug-likeness (QED) is 0.838. The van der Waals surface area contributed by atoms with Gasteiger partial charge >= 0.3 is 0 Å². The molecule has 0 saturated heterocycles. The first-order chi connectivity index (χ1) is 8.49. The molecule has 0 aromatic heterocycles. The lowest BCUT2D eigenvalue weighted by atomic mass is 10.1. The van der Waals surface area contributed by atoms with Crippen molar-refractivity contribution in [3.63, 3.8) is 0 Å². The molecule has 100 valence electrons. The predicted octanol–water partition coefficient (Wildman–Crippen LogP) is 2.46. The van der Waals surface area contributed by atoms with E-state index in [1.807, 2.05) is 14.1 Å². The Labute approximate surface area is 110 Å². The number of hydrogen-bond acceptors (Lipinski definition) is 2. The summed E-state index contributed by atoms with van der Waals surface area (Å²) in [6, 6.07) is 8.35. The molecule has 0 radical (unpaired) electrons. The van der Waals surface area contributed by atoms with E-state index in [4.69, 9.17) is 0 Å². The van der Waals surface area contributed by atoms with E-state index >= 15 is 0 Å². The summed E-state index contributed by atoms with van der Waals surface area (Å²) in [6.07, 6.45) is 1.37. The third-order valence-electron chi connectivity index (χ3n) is 2.80. The highest BCUT2D eigenvalue weighted by Crippen LogP contribution is 2.13. The van der Waals surface area contributed by atoms with Gasteiger partial charge in [0.15, 0.2) is 0 Å². The van der Waals surface area contributed by atoms with Crippen molar-refractivity contribution in [2.24, 2.45) is 5.92 Å². The Balaban J connectivity index is 2.37. The second-order valence-electron chi connectivity index (χ2n) is 5.26. The number of carbonyl (C=O) groups is 1. The molecule has 1 aromatic rings. The molecule has 0 aliphatic carbocycles. The molecular weight excluding hydrogens is 224 g/mol. The highest BCUT2D eigenvalue weighted by atomic mass is 16.1. The van der Waals surface area contributed by atoms with Gasteiger partial charge in [0.25, 0.3) is 0 Å². The minimum absolute atomic E-state index is 0.139. The standard InChI is InChI=1S/C15H24N2O/c1-12(2)11-16-15(18)10-7-13-5-8-14(9-6-13)17(3)4/h5-6,8-9,12H,7,10-11H2,1-4H3,(H,16,18). The fourth-order valence-electron chi connectivity index (χ4n) is 1.62. The lowest BCUT2D eigenvalue weighted by Gasteiger charge is -2.12. The van der Waals surface area contributed by atoms with Crippen LogP contribution in [0.15, 0.2) is 24.3 Å². The Morgan fingerprint density at radius 3 is 2.33 bits per heavy atom. The first kappa shape index (κ1) is 14.6. The van der Waals surface area contributed by atoms with Gasteiger partial charge in [-0.25, -0.2) is 0 Å². The molecule has 3 nitrogen and oxygen atoms in total. The van der Waals surface area contributed by atoms with Gasteiger partial charge in [-0.2, -0.15) is 0 Å². The van der Waals surface area contributed by atoms with Crippen LogP contribution in [0.5, 0.6) is 0 Å². The number of aryl methyl sites for hydroxylation is 1. The summed E-state index contributed by atoms with van der Waals surface area (Å²) in [6.45, 7) is 4.96. The van der Waals surface area contributed by atoms with E-state index in [0.29, 0.717) is 12.3 Å². The van der Waals surface area contributed by atoms with Crippen LogP contribution in [0.2, 0.25) is 0 Å². The van der Waals surface area contributed by atoms with Crippen molar-refractivity contribution < 1.29 is 4.79 Å². The molecular formula is C15H24N2O. The van der Waals surface area contributed by atoms with Crippen LogP contribution in [0.25, 0.3) is 0 Å². The Morgan fingerprint density at radius 1 is 1.22 bits per heavy atom. The van der Waals surface area contributed by atoms with E-state index in [1.165, 1.54) is 11.3 Å². The maximum atomic E-state index is 11.6. The second-order valence-corrected chi connectivity index (χ2v) is 5.26. The fraction of sp³-hybridized carbons (Fsp3) is 0.533. The highest BCUT2D eigenvalue weighted by Gasteiger charge is 2.03. The number of carbonyl (C=O) groups excluding carboxylic acids is 1. The van der Waals surface area contributed by atoms with E-state index < -0.39 is 0 Å². The summed E-state index contributed by atoms with van der Waals surface area (Å²) in [5, 5.41) is 2.93. The zero-order valence-corrected chi connectivity index (χ0v) is 11.9. The third kappa shape index (κ3) is 5.21. The largest absolute Gasteiger partial charge is 0.378 e. The normalized spacial score (nSPS) is 10.5. The fourth-order valence-corrected chi connectivity index (χ4v) is 1.62. The average molecular weight is 248 g/mol. The molecule has 1 aromatic carbocycles. The molecule has 0 heterocycles. The first-order valence-corrected chi connectivity index (χ1v) is 6.52. The van der Waals surface area contributed by atoms with Gasteiger partial charge in [0.2, 0.25) is 5.91 Å². The van der Waals surface area contributed by atoms with Gasteiger partial charge in [-0.05, 0) is 30.0 Å². The van der Waals surface area contributed by atoms with Crippen molar-refractivity contribution >= 4 is 11.6 Å². The number of anilines is 1. The molecule has 0 atom stereocenters. The lowest BCUT2D eigenvalue weighted by molar-refractivity contribution is -0.121. The summed E-state index contributed by atoms with van der Waals surface area (Å²) in [5.74, 6) is 0.647. The van der Waals surface area contributed by atoms with Crippen LogP contribution in [0.3, 0.4) is 0 Å². The van der Waals surface area contributed by atoms with Gasteiger partial charge in [0.1, 0.15) is 0 Å². The predicted molar refractivity (Wildman–Crippen MR) is 76.9 cm³/mol. The maximum absolute atomic E-state index is 11.6. The Morgan fingerprint density at radius 2 is 1.83 bits per heavy atom. The number of nitrogens with zero attached hydrogens (tertiary/aromatic N) is 1. The van der Waals surface area contributed by atoms with Crippen LogP contribution in [-0.4, -0.2) is 26.5 Å². The van der Waals surface area contributed by atoms with Crippen LogP contribution in [0, 0.1) is 5.92 Å². The smallest absolute Gasteiger partial charge is 0.220 e. The topological polar surface area (TPSA) is 32.3 Å². The van der Waals surface area contributed by atoms with E-state index in [0.717, 1.165) is 13.0 Å². The van der Waals surface area contributed by atoms with Gasteiger partial charge < -0.3 is 10.2 Å². The van der Waals surface area contributed by atoms with E-state index in [-0.39, 0.29) is 5.91 Å². The van der Waals surface area contributed by atoms with Gasteiger partial charge in [-0.15, -0.1) is 0 Å². The molecule has 0 saturated carbocycles. The summed E-state index contributed by atoms with van der Waals surface area (Å²) >= 11 is 0. The molecule has 0 spiro atoms. The number of amides is 1. The molecule has 3 heteroatoms. The lowest BCUT2D eigenvalue weighted by Crippen LogP contribution is -2.27. The molecule has 1 rings (SSSR count). The van der Waals surface area contributed by atoms with Crippen molar-refractivity contribution in [3.05, 3.63) is 29.8 Å². The SMILES string of the molecule is CC(C)CNC(=O)CCc1ccc(N(C)C)cc1. The first-order valence-electron chi connectivity index (χ1n) is 6.52. The Kier molecular flexibility index (Phi) is 5.69. The zero-order chi connectivity index (χ0) is 13.5. The molecule has 0 aliphatic heterocycles. The van der Waals surface area contributed by atoms with Gasteiger partial charge in [-0.1, -0.05) is 26.0 Å². The highest BCUT2D eigenvalue weighted by molar-refractivity contribution is 5.76. The van der Waals surface area contributed by atoms with E-state index in [2.05, 4.69) is 48.3 Å². The van der Waals surface area contributed by atoms with Crippen LogP contribution in [0.1, 0.15) is 25.8 Å². The van der Waals surface area contributed by atoms with Gasteiger partial charge in [-0.3, -0.25) is 4.79 Å². The van der Waals surface area contributed by atoms with Crippen LogP contribution in [-0.2, 0) is 11.2 Å². The minimum Gasteiger partial charge on any atom is -0.378 e. The summed E-state index contributed by atoms with van der Waals surface area (Å²) < 4.78 is 0. The molecule has 0 aliphatic rings. The van der Waals surface area contributed by atoms with Crippen molar-refractivity contribution in [2.45, 2.75) is 26.7 Å². The van der Waals surface area contributed by atoms with E-state index in [1.54, 1.807) is 0 Å². The molecule has 1 amide bonds. The van der Waals surface area contributed by atoms with E-state index in [9.17, 15) is 4.79 Å². The number of hydrogen-bond donors (Lipinski definition) is 1. The summed E-state index contributed by atoms with van der Waals surface area (Å²) in [5.41, 5.74) is 2.39. The number of rotatable bonds is 6. The van der Waals surface area contributed by atoms with Crippen molar-refractivity contribution in [2.75, 3.05) is 25.5 Å². The van der Waals surface area contributed by atoms with Crippen molar-refractivity contribution in [1.82, 2.24) is 5.32 Å². The van der Waals surface area contributed by atoms with Crippen LogP contribution >= 0.6 is 0 Å². The third-order valence-corrected chi connectivity index (χ3v) is 2.80. The molecule has 18 heavy (non-hydrogen) atoms. The maximum Gasteiger partial charge on any atom is 0.220 e. The monoisotopic (exact) mass is 248 g/mol. The molecule has 0 bridgehead atoms. The number of nitrogens with one attached hydrogen (secondary N) is 1.